The van der Waals surface area contributed by atoms with Crippen LogP contribution in [0.15, 0.2) is 12.2 Å². The Labute approximate surface area is 117 Å². The monoisotopic (exact) mass is 272 g/mol. The Morgan fingerprint density at radius 2 is 1.47 bits per heavy atom. The standard InChI is InChI=1S/C15H28O4/c1-11(2)17-14(16)9-7-8-10-15(18-12(3)4)19-13(5)6/h7,9,11-13,15H,8,10H2,1-6H3/b9-7+. The summed E-state index contributed by atoms with van der Waals surface area (Å²) in [6.45, 7) is 11.6. The van der Waals surface area contributed by atoms with Gasteiger partial charge in [0.25, 0.3) is 0 Å². The van der Waals surface area contributed by atoms with Gasteiger partial charge in [0.05, 0.1) is 18.3 Å². The Kier molecular flexibility index (Phi) is 9.53. The predicted octanol–water partition coefficient (Wildman–Crippen LogP) is 3.45. The third-order valence-corrected chi connectivity index (χ3v) is 2.02. The number of allylic oxidation sites excluding steroid dienone is 1. The Morgan fingerprint density at radius 3 is 1.89 bits per heavy atom. The number of hydrogen-bond acceptors (Lipinski definition) is 4. The highest BCUT2D eigenvalue weighted by molar-refractivity contribution is 5.81. The van der Waals surface area contributed by atoms with Crippen molar-refractivity contribution in [1.29, 1.82) is 0 Å². The van der Waals surface area contributed by atoms with Gasteiger partial charge in [-0.3, -0.25) is 0 Å². The Morgan fingerprint density at radius 1 is 0.947 bits per heavy atom. The van der Waals surface area contributed by atoms with Gasteiger partial charge in [-0.15, -0.1) is 0 Å². The van der Waals surface area contributed by atoms with Gasteiger partial charge in [0, 0.05) is 12.5 Å². The average molecular weight is 272 g/mol. The number of carbonyl (C=O) groups is 1. The van der Waals surface area contributed by atoms with Gasteiger partial charge >= 0.3 is 5.97 Å². The van der Waals surface area contributed by atoms with Gasteiger partial charge in [-0.2, -0.15) is 0 Å². The molecule has 4 heteroatoms. The molecule has 0 aromatic rings. The number of ether oxygens (including phenoxy) is 3. The van der Waals surface area contributed by atoms with Crippen molar-refractivity contribution >= 4 is 5.97 Å². The molecule has 0 bridgehead atoms. The fraction of sp³-hybridized carbons (Fsp3) is 0.800. The minimum atomic E-state index is -0.305. The fourth-order valence-electron chi connectivity index (χ4n) is 1.46. The van der Waals surface area contributed by atoms with Crippen LogP contribution in [0.1, 0.15) is 54.4 Å². The quantitative estimate of drug-likeness (QED) is 0.366. The Balaban J connectivity index is 4.03. The zero-order chi connectivity index (χ0) is 14.8. The molecular formula is C15H28O4. The van der Waals surface area contributed by atoms with Crippen molar-refractivity contribution in [1.82, 2.24) is 0 Å². The van der Waals surface area contributed by atoms with E-state index >= 15 is 0 Å². The molecule has 0 spiro atoms. The minimum Gasteiger partial charge on any atom is -0.460 e. The summed E-state index contributed by atoms with van der Waals surface area (Å²) in [5, 5.41) is 0. The molecule has 0 N–H and O–H groups in total. The summed E-state index contributed by atoms with van der Waals surface area (Å²) < 4.78 is 16.3. The molecule has 0 heterocycles. The highest BCUT2D eigenvalue weighted by Crippen LogP contribution is 2.10. The topological polar surface area (TPSA) is 44.8 Å². The summed E-state index contributed by atoms with van der Waals surface area (Å²) in [5.74, 6) is -0.305. The van der Waals surface area contributed by atoms with Gasteiger partial charge in [-0.25, -0.2) is 4.79 Å². The summed E-state index contributed by atoms with van der Waals surface area (Å²) in [6, 6.07) is 0. The third-order valence-electron chi connectivity index (χ3n) is 2.02. The first-order valence-corrected chi connectivity index (χ1v) is 6.99. The van der Waals surface area contributed by atoms with Gasteiger partial charge < -0.3 is 14.2 Å². The molecule has 112 valence electrons. The number of esters is 1. The van der Waals surface area contributed by atoms with Crippen LogP contribution in [0.2, 0.25) is 0 Å². The van der Waals surface area contributed by atoms with Gasteiger partial charge in [-0.1, -0.05) is 6.08 Å². The zero-order valence-corrected chi connectivity index (χ0v) is 13.0. The normalized spacial score (nSPS) is 12.3. The maximum absolute atomic E-state index is 11.3. The molecule has 0 amide bonds. The molecule has 0 saturated carbocycles. The van der Waals surface area contributed by atoms with E-state index in [0.29, 0.717) is 0 Å². The SMILES string of the molecule is CC(C)OC(=O)/C=C/CCC(OC(C)C)OC(C)C. The summed E-state index contributed by atoms with van der Waals surface area (Å²) in [5.41, 5.74) is 0. The van der Waals surface area contributed by atoms with Gasteiger partial charge in [0.2, 0.25) is 0 Å². The van der Waals surface area contributed by atoms with E-state index in [0.717, 1.165) is 12.8 Å². The molecule has 4 nitrogen and oxygen atoms in total. The van der Waals surface area contributed by atoms with E-state index in [1.807, 2.05) is 41.5 Å². The molecule has 0 radical (unpaired) electrons. The van der Waals surface area contributed by atoms with Crippen molar-refractivity contribution in [3.63, 3.8) is 0 Å². The van der Waals surface area contributed by atoms with Crippen LogP contribution < -0.4 is 0 Å². The van der Waals surface area contributed by atoms with Crippen LogP contribution in [0.3, 0.4) is 0 Å². The smallest absolute Gasteiger partial charge is 0.330 e. The van der Waals surface area contributed by atoms with Crippen molar-refractivity contribution in [3.05, 3.63) is 12.2 Å². The van der Waals surface area contributed by atoms with Crippen LogP contribution in [-0.2, 0) is 19.0 Å². The molecule has 0 fully saturated rings. The van der Waals surface area contributed by atoms with Crippen molar-refractivity contribution in [2.75, 3.05) is 0 Å². The van der Waals surface area contributed by atoms with Gasteiger partial charge in [0.15, 0.2) is 6.29 Å². The first kappa shape index (κ1) is 18.1. The van der Waals surface area contributed by atoms with E-state index in [1.165, 1.54) is 6.08 Å². The molecule has 0 aromatic carbocycles. The lowest BCUT2D eigenvalue weighted by atomic mass is 10.2. The van der Waals surface area contributed by atoms with Crippen LogP contribution in [0.25, 0.3) is 0 Å². The first-order valence-electron chi connectivity index (χ1n) is 6.99. The molecule has 0 rings (SSSR count). The van der Waals surface area contributed by atoms with E-state index in [1.54, 1.807) is 6.08 Å². The zero-order valence-electron chi connectivity index (χ0n) is 13.0. The molecule has 0 atom stereocenters. The minimum absolute atomic E-state index is 0.0848. The Bertz CT molecular complexity index is 259. The summed E-state index contributed by atoms with van der Waals surface area (Å²) in [7, 11) is 0. The summed E-state index contributed by atoms with van der Waals surface area (Å²) in [4.78, 5) is 11.3. The molecule has 0 aliphatic heterocycles. The van der Waals surface area contributed by atoms with E-state index in [2.05, 4.69) is 0 Å². The lowest BCUT2D eigenvalue weighted by molar-refractivity contribution is -0.183. The first-order chi connectivity index (χ1) is 8.81. The van der Waals surface area contributed by atoms with Gasteiger partial charge in [0.1, 0.15) is 0 Å². The van der Waals surface area contributed by atoms with Crippen LogP contribution >= 0.6 is 0 Å². The fourth-order valence-corrected chi connectivity index (χ4v) is 1.46. The lowest BCUT2D eigenvalue weighted by Gasteiger charge is -2.22. The molecule has 0 unspecified atom stereocenters. The number of carbonyl (C=O) groups excluding carboxylic acids is 1. The average Bonchev–Trinajstić information content (AvgIpc) is 2.21. The largest absolute Gasteiger partial charge is 0.460 e. The van der Waals surface area contributed by atoms with Crippen LogP contribution in [0.5, 0.6) is 0 Å². The summed E-state index contributed by atoms with van der Waals surface area (Å²) >= 11 is 0. The molecule has 19 heavy (non-hydrogen) atoms. The van der Waals surface area contributed by atoms with Crippen molar-refractivity contribution in [2.45, 2.75) is 79.0 Å². The van der Waals surface area contributed by atoms with E-state index < -0.39 is 0 Å². The molecule has 0 aliphatic carbocycles. The second-order valence-corrected chi connectivity index (χ2v) is 5.26. The number of rotatable bonds is 9. The molecule has 0 saturated heterocycles. The van der Waals surface area contributed by atoms with E-state index in [9.17, 15) is 4.79 Å². The lowest BCUT2D eigenvalue weighted by Crippen LogP contribution is -2.24. The molecule has 0 aliphatic rings. The van der Waals surface area contributed by atoms with Crippen LogP contribution in [-0.4, -0.2) is 30.6 Å². The van der Waals surface area contributed by atoms with Crippen molar-refractivity contribution in [2.24, 2.45) is 0 Å². The Hall–Kier alpha value is -0.870. The second-order valence-electron chi connectivity index (χ2n) is 5.26. The van der Waals surface area contributed by atoms with Gasteiger partial charge in [-0.05, 0) is 48.0 Å². The second kappa shape index (κ2) is 9.98. The van der Waals surface area contributed by atoms with Crippen molar-refractivity contribution < 1.29 is 19.0 Å². The maximum Gasteiger partial charge on any atom is 0.330 e. The maximum atomic E-state index is 11.3. The highest BCUT2D eigenvalue weighted by Gasteiger charge is 2.12. The van der Waals surface area contributed by atoms with Crippen molar-refractivity contribution in [3.8, 4) is 0 Å². The molecular weight excluding hydrogens is 244 g/mol. The summed E-state index contributed by atoms with van der Waals surface area (Å²) in [6.07, 6.45) is 4.63. The third kappa shape index (κ3) is 11.9. The van der Waals surface area contributed by atoms with E-state index in [-0.39, 0.29) is 30.6 Å². The molecule has 0 aromatic heterocycles. The van der Waals surface area contributed by atoms with Crippen LogP contribution in [0.4, 0.5) is 0 Å². The number of hydrogen-bond donors (Lipinski definition) is 0. The predicted molar refractivity (Wildman–Crippen MR) is 75.8 cm³/mol. The van der Waals surface area contributed by atoms with Crippen LogP contribution in [0, 0.1) is 0 Å². The van der Waals surface area contributed by atoms with E-state index in [4.69, 9.17) is 14.2 Å². The highest BCUT2D eigenvalue weighted by atomic mass is 16.7.